The van der Waals surface area contributed by atoms with Crippen molar-refractivity contribution in [1.82, 2.24) is 10.3 Å². The summed E-state index contributed by atoms with van der Waals surface area (Å²) < 4.78 is 0. The largest absolute Gasteiger partial charge is 0.370 e. The summed E-state index contributed by atoms with van der Waals surface area (Å²) in [6, 6.07) is 13.3. The van der Waals surface area contributed by atoms with Crippen molar-refractivity contribution in [2.24, 2.45) is 10.7 Å². The van der Waals surface area contributed by atoms with Crippen molar-refractivity contribution in [2.75, 3.05) is 5.32 Å². The molecule has 0 aliphatic carbocycles. The van der Waals surface area contributed by atoms with Gasteiger partial charge >= 0.3 is 0 Å². The molecule has 0 atom stereocenters. The van der Waals surface area contributed by atoms with Gasteiger partial charge in [-0.2, -0.15) is 0 Å². The van der Waals surface area contributed by atoms with Gasteiger partial charge in [-0.25, -0.2) is 4.99 Å². The molecule has 2 aromatic rings. The van der Waals surface area contributed by atoms with E-state index in [1.54, 1.807) is 12.4 Å². The average Bonchev–Trinajstić information content (AvgIpc) is 2.46. The maximum atomic E-state index is 7.31. The van der Waals surface area contributed by atoms with Gasteiger partial charge in [0.1, 0.15) is 0 Å². The first kappa shape index (κ1) is 16.5. The van der Waals surface area contributed by atoms with Crippen LogP contribution in [0.4, 0.5) is 5.69 Å². The molecule has 0 unspecified atom stereocenters. The van der Waals surface area contributed by atoms with Crippen molar-refractivity contribution in [1.29, 1.82) is 5.41 Å². The molecule has 0 saturated heterocycles. The number of halogens is 1. The van der Waals surface area contributed by atoms with Crippen LogP contribution in [0.3, 0.4) is 0 Å². The summed E-state index contributed by atoms with van der Waals surface area (Å²) in [6.45, 7) is 0.448. The van der Waals surface area contributed by atoms with Gasteiger partial charge in [0.15, 0.2) is 5.96 Å². The summed E-state index contributed by atoms with van der Waals surface area (Å²) in [5.74, 6) is 0.255. The fraction of sp³-hybridized carbons (Fsp3) is 0.0714. The van der Waals surface area contributed by atoms with E-state index in [4.69, 9.17) is 11.1 Å². The number of pyridine rings is 1. The second-order valence-corrected chi connectivity index (χ2v) is 4.06. The third kappa shape index (κ3) is 5.92. The fourth-order valence-electron chi connectivity index (χ4n) is 1.56. The monoisotopic (exact) mass is 304 g/mol. The number of para-hydroxylation sites is 1. The second kappa shape index (κ2) is 8.55. The lowest BCUT2D eigenvalue weighted by atomic mass is 10.3. The van der Waals surface area contributed by atoms with Crippen LogP contribution in [0, 0.1) is 5.41 Å². The summed E-state index contributed by atoms with van der Waals surface area (Å²) in [5.41, 5.74) is 7.20. The van der Waals surface area contributed by atoms with Gasteiger partial charge in [-0.3, -0.25) is 15.7 Å². The first-order valence-corrected chi connectivity index (χ1v) is 6.10. The molecule has 0 fully saturated rings. The molecule has 21 heavy (non-hydrogen) atoms. The number of nitrogens with two attached hydrogens (primary N) is 1. The van der Waals surface area contributed by atoms with Crippen LogP contribution in [0.15, 0.2) is 59.9 Å². The molecule has 6 nitrogen and oxygen atoms in total. The first-order chi connectivity index (χ1) is 9.74. The van der Waals surface area contributed by atoms with Gasteiger partial charge in [-0.15, -0.1) is 12.4 Å². The Balaban J connectivity index is 0.00000220. The Morgan fingerprint density at radius 3 is 2.57 bits per heavy atom. The molecule has 0 radical (unpaired) electrons. The van der Waals surface area contributed by atoms with Gasteiger partial charge in [0.2, 0.25) is 5.96 Å². The highest BCUT2D eigenvalue weighted by atomic mass is 35.5. The van der Waals surface area contributed by atoms with Crippen LogP contribution in [-0.4, -0.2) is 16.9 Å². The van der Waals surface area contributed by atoms with Crippen molar-refractivity contribution in [3.8, 4) is 0 Å². The van der Waals surface area contributed by atoms with E-state index in [2.05, 4.69) is 20.6 Å². The minimum atomic E-state index is -0.168. The van der Waals surface area contributed by atoms with E-state index in [0.717, 1.165) is 11.3 Å². The standard InChI is InChI=1S/C14H16N6.ClH/c15-13(16)20-14(19-12-6-2-1-3-7-12)18-10-11-5-4-8-17-9-11;/h1-9H,10H2,(H5,15,16,18,19,20);1H. The van der Waals surface area contributed by atoms with Crippen molar-refractivity contribution < 1.29 is 0 Å². The van der Waals surface area contributed by atoms with Crippen molar-refractivity contribution in [3.63, 3.8) is 0 Å². The maximum Gasteiger partial charge on any atom is 0.202 e. The van der Waals surface area contributed by atoms with Crippen molar-refractivity contribution >= 4 is 30.0 Å². The molecule has 5 N–H and O–H groups in total. The lowest BCUT2D eigenvalue weighted by Crippen LogP contribution is -2.40. The Labute approximate surface area is 129 Å². The average molecular weight is 305 g/mol. The third-order valence-corrected chi connectivity index (χ3v) is 2.43. The molecule has 110 valence electrons. The van der Waals surface area contributed by atoms with Crippen LogP contribution in [0.5, 0.6) is 0 Å². The minimum absolute atomic E-state index is 0. The lowest BCUT2D eigenvalue weighted by Gasteiger charge is -2.11. The highest BCUT2D eigenvalue weighted by Gasteiger charge is 2.01. The number of guanidine groups is 2. The van der Waals surface area contributed by atoms with Crippen LogP contribution in [0.25, 0.3) is 0 Å². The van der Waals surface area contributed by atoms with E-state index < -0.39 is 0 Å². The van der Waals surface area contributed by atoms with Gasteiger partial charge in [0, 0.05) is 18.1 Å². The molecule has 7 heteroatoms. The predicted octanol–water partition coefficient (Wildman–Crippen LogP) is 1.95. The second-order valence-electron chi connectivity index (χ2n) is 4.06. The van der Waals surface area contributed by atoms with E-state index in [0.29, 0.717) is 12.5 Å². The smallest absolute Gasteiger partial charge is 0.202 e. The van der Waals surface area contributed by atoms with Gasteiger partial charge in [0.25, 0.3) is 0 Å². The van der Waals surface area contributed by atoms with Gasteiger partial charge in [-0.05, 0) is 23.8 Å². The molecular weight excluding hydrogens is 288 g/mol. The number of anilines is 1. The summed E-state index contributed by atoms with van der Waals surface area (Å²) in [6.07, 6.45) is 3.46. The van der Waals surface area contributed by atoms with Crippen LogP contribution < -0.4 is 16.4 Å². The molecule has 0 amide bonds. The number of hydrogen-bond donors (Lipinski definition) is 4. The summed E-state index contributed by atoms with van der Waals surface area (Å²) in [4.78, 5) is 8.39. The van der Waals surface area contributed by atoms with Crippen LogP contribution in [0.1, 0.15) is 5.56 Å². The Kier molecular flexibility index (Phi) is 6.70. The molecule has 0 aliphatic rings. The molecule has 1 heterocycles. The number of nitrogens with one attached hydrogen (secondary N) is 3. The highest BCUT2D eigenvalue weighted by Crippen LogP contribution is 2.05. The Hall–Kier alpha value is -2.60. The van der Waals surface area contributed by atoms with Crippen LogP contribution >= 0.6 is 12.4 Å². The van der Waals surface area contributed by atoms with Gasteiger partial charge in [-0.1, -0.05) is 24.3 Å². The quantitative estimate of drug-likeness (QED) is 0.514. The van der Waals surface area contributed by atoms with E-state index in [1.807, 2.05) is 42.5 Å². The molecule has 0 bridgehead atoms. The Morgan fingerprint density at radius 1 is 1.19 bits per heavy atom. The number of aliphatic imine (C=N–C) groups is 1. The van der Waals surface area contributed by atoms with E-state index in [1.165, 1.54) is 0 Å². The number of aromatic nitrogens is 1. The minimum Gasteiger partial charge on any atom is -0.370 e. The van der Waals surface area contributed by atoms with E-state index >= 15 is 0 Å². The topological polar surface area (TPSA) is 99.2 Å². The molecule has 0 aliphatic heterocycles. The predicted molar refractivity (Wildman–Crippen MR) is 87.7 cm³/mol. The van der Waals surface area contributed by atoms with Crippen molar-refractivity contribution in [2.45, 2.75) is 6.54 Å². The normalized spacial score (nSPS) is 10.4. The summed E-state index contributed by atoms with van der Waals surface area (Å²) in [5, 5.41) is 13.1. The molecule has 0 saturated carbocycles. The first-order valence-electron chi connectivity index (χ1n) is 6.10. The summed E-state index contributed by atoms with van der Waals surface area (Å²) in [7, 11) is 0. The van der Waals surface area contributed by atoms with E-state index in [9.17, 15) is 0 Å². The zero-order chi connectivity index (χ0) is 14.2. The lowest BCUT2D eigenvalue weighted by molar-refractivity contribution is 1.02. The highest BCUT2D eigenvalue weighted by molar-refractivity contribution is 6.03. The van der Waals surface area contributed by atoms with Crippen molar-refractivity contribution in [3.05, 3.63) is 60.4 Å². The van der Waals surface area contributed by atoms with Gasteiger partial charge in [0.05, 0.1) is 6.54 Å². The molecule has 1 aromatic heterocycles. The van der Waals surface area contributed by atoms with Crippen LogP contribution in [0.2, 0.25) is 0 Å². The molecular formula is C14H17ClN6. The number of rotatable bonds is 3. The number of benzene rings is 1. The fourth-order valence-corrected chi connectivity index (χ4v) is 1.56. The molecule has 0 spiro atoms. The number of hydrogen-bond acceptors (Lipinski definition) is 3. The van der Waals surface area contributed by atoms with Crippen LogP contribution in [-0.2, 0) is 6.54 Å². The van der Waals surface area contributed by atoms with Gasteiger partial charge < -0.3 is 11.1 Å². The SMILES string of the molecule is Cl.N=C(N)NC(=NCc1cccnc1)Nc1ccccc1. The zero-order valence-corrected chi connectivity index (χ0v) is 12.1. The molecule has 1 aromatic carbocycles. The summed E-state index contributed by atoms with van der Waals surface area (Å²) >= 11 is 0. The Morgan fingerprint density at radius 2 is 1.95 bits per heavy atom. The Bertz CT molecular complexity index is 585. The number of nitrogens with zero attached hydrogens (tertiary/aromatic N) is 2. The maximum absolute atomic E-state index is 7.31. The van der Waals surface area contributed by atoms with E-state index in [-0.39, 0.29) is 18.4 Å². The zero-order valence-electron chi connectivity index (χ0n) is 11.3. The third-order valence-electron chi connectivity index (χ3n) is 2.43. The molecule has 2 rings (SSSR count).